The minimum Gasteiger partial charge on any atom is -0.497 e. The van der Waals surface area contributed by atoms with E-state index >= 15 is 0 Å². The van der Waals surface area contributed by atoms with Crippen LogP contribution < -0.4 is 18.9 Å². The summed E-state index contributed by atoms with van der Waals surface area (Å²) in [6.07, 6.45) is -2.49. The molecule has 0 saturated heterocycles. The molecular formula is C16H14O8. The van der Waals surface area contributed by atoms with Crippen molar-refractivity contribution in [1.29, 1.82) is 0 Å². The highest BCUT2D eigenvalue weighted by Crippen LogP contribution is 2.20. The Bertz CT molecular complexity index is 651. The van der Waals surface area contributed by atoms with Gasteiger partial charge < -0.3 is 18.9 Å². The van der Waals surface area contributed by atoms with Gasteiger partial charge in [-0.15, -0.1) is 0 Å². The van der Waals surface area contributed by atoms with E-state index in [4.69, 9.17) is 18.9 Å². The summed E-state index contributed by atoms with van der Waals surface area (Å²) in [6.45, 7) is 0. The summed E-state index contributed by atoms with van der Waals surface area (Å²) in [6, 6.07) is 12.5. The lowest BCUT2D eigenvalue weighted by Gasteiger charge is -2.06. The molecule has 0 heterocycles. The summed E-state index contributed by atoms with van der Waals surface area (Å²) in [4.78, 5) is 31.3. The van der Waals surface area contributed by atoms with Crippen LogP contribution >= 0.6 is 0 Å². The summed E-state index contributed by atoms with van der Waals surface area (Å²) in [5.41, 5.74) is 0. The van der Waals surface area contributed by atoms with Gasteiger partial charge in [-0.2, -0.15) is 19.4 Å². The lowest BCUT2D eigenvalue weighted by Crippen LogP contribution is -2.17. The second-order valence-corrected chi connectivity index (χ2v) is 4.23. The average Bonchev–Trinajstić information content (AvgIpc) is 2.60. The van der Waals surface area contributed by atoms with Gasteiger partial charge in [0.05, 0.1) is 14.2 Å². The topological polar surface area (TPSA) is 89.5 Å². The van der Waals surface area contributed by atoms with Gasteiger partial charge in [-0.05, 0) is 24.3 Å². The fraction of sp³-hybridized carbons (Fsp3) is 0.125. The maximum Gasteiger partial charge on any atom is 0.555 e. The standard InChI is InChI=1S/C16H14O8/c1-19-11-5-3-7-13(9-11)21-15(17)23-24-16(18)22-14-8-4-6-12(10-14)20-2/h3-10H,1-2H3. The van der Waals surface area contributed by atoms with Crippen LogP contribution in [0.25, 0.3) is 0 Å². The molecule has 0 bridgehead atoms. The maximum atomic E-state index is 11.4. The molecule has 2 aromatic rings. The molecule has 0 saturated carbocycles. The van der Waals surface area contributed by atoms with E-state index in [-0.39, 0.29) is 11.5 Å². The van der Waals surface area contributed by atoms with Crippen LogP contribution in [0.15, 0.2) is 48.5 Å². The summed E-state index contributed by atoms with van der Waals surface area (Å²) >= 11 is 0. The van der Waals surface area contributed by atoms with Gasteiger partial charge >= 0.3 is 12.3 Å². The normalized spacial score (nSPS) is 9.58. The molecule has 0 fully saturated rings. The highest BCUT2D eigenvalue weighted by Gasteiger charge is 2.14. The molecule has 0 amide bonds. The molecule has 0 atom stereocenters. The Balaban J connectivity index is 1.81. The lowest BCUT2D eigenvalue weighted by atomic mass is 10.3. The lowest BCUT2D eigenvalue weighted by molar-refractivity contribution is -0.203. The first-order valence-electron chi connectivity index (χ1n) is 6.67. The molecule has 2 aromatic carbocycles. The first-order chi connectivity index (χ1) is 11.6. The number of methoxy groups -OCH3 is 2. The summed E-state index contributed by atoms with van der Waals surface area (Å²) in [5, 5.41) is 0. The van der Waals surface area contributed by atoms with Gasteiger partial charge in [0.2, 0.25) is 0 Å². The molecule has 8 heteroatoms. The Morgan fingerprint density at radius 3 is 1.42 bits per heavy atom. The third-order valence-electron chi connectivity index (χ3n) is 2.66. The monoisotopic (exact) mass is 334 g/mol. The quantitative estimate of drug-likeness (QED) is 0.364. The van der Waals surface area contributed by atoms with Crippen LogP contribution in [-0.2, 0) is 9.78 Å². The molecule has 126 valence electrons. The number of carbonyl (C=O) groups excluding carboxylic acids is 2. The number of rotatable bonds is 4. The summed E-state index contributed by atoms with van der Waals surface area (Å²) < 4.78 is 19.5. The molecule has 0 N–H and O–H groups in total. The summed E-state index contributed by atoms with van der Waals surface area (Å²) in [7, 11) is 2.93. The van der Waals surface area contributed by atoms with E-state index in [1.165, 1.54) is 38.5 Å². The van der Waals surface area contributed by atoms with Crippen LogP contribution in [0.3, 0.4) is 0 Å². The van der Waals surface area contributed by atoms with Crippen LogP contribution in [0.1, 0.15) is 0 Å². The highest BCUT2D eigenvalue weighted by molar-refractivity contribution is 5.67. The predicted octanol–water partition coefficient (Wildman–Crippen LogP) is 3.35. The Kier molecular flexibility index (Phi) is 5.84. The average molecular weight is 334 g/mol. The minimum absolute atomic E-state index is 0.157. The number of ether oxygens (including phenoxy) is 4. The number of hydrogen-bond donors (Lipinski definition) is 0. The number of carbonyl (C=O) groups is 2. The molecule has 8 nitrogen and oxygen atoms in total. The fourth-order valence-corrected chi connectivity index (χ4v) is 1.62. The second kappa shape index (κ2) is 8.28. The van der Waals surface area contributed by atoms with Crippen molar-refractivity contribution in [3.05, 3.63) is 48.5 Å². The molecule has 0 aliphatic heterocycles. The van der Waals surface area contributed by atoms with E-state index in [0.29, 0.717) is 11.5 Å². The molecule has 0 aliphatic carbocycles. The van der Waals surface area contributed by atoms with E-state index in [2.05, 4.69) is 9.78 Å². The van der Waals surface area contributed by atoms with Gasteiger partial charge in [-0.1, -0.05) is 12.1 Å². The van der Waals surface area contributed by atoms with Gasteiger partial charge in [0.1, 0.15) is 23.0 Å². The molecule has 0 unspecified atom stereocenters. The van der Waals surface area contributed by atoms with Crippen LogP contribution in [0, 0.1) is 0 Å². The van der Waals surface area contributed by atoms with Crippen molar-refractivity contribution < 1.29 is 38.3 Å². The van der Waals surface area contributed by atoms with Crippen molar-refractivity contribution in [2.24, 2.45) is 0 Å². The maximum absolute atomic E-state index is 11.4. The number of benzene rings is 2. The van der Waals surface area contributed by atoms with E-state index in [1.807, 2.05) is 0 Å². The third-order valence-corrected chi connectivity index (χ3v) is 2.66. The van der Waals surface area contributed by atoms with Crippen LogP contribution in [-0.4, -0.2) is 26.5 Å². The first-order valence-corrected chi connectivity index (χ1v) is 6.67. The van der Waals surface area contributed by atoms with Crippen molar-refractivity contribution in [3.63, 3.8) is 0 Å². The van der Waals surface area contributed by atoms with Gasteiger partial charge in [-0.3, -0.25) is 0 Å². The Hall–Kier alpha value is -3.42. The molecule has 0 spiro atoms. The van der Waals surface area contributed by atoms with Gasteiger partial charge in [0.25, 0.3) is 0 Å². The van der Waals surface area contributed by atoms with Crippen LogP contribution in [0.2, 0.25) is 0 Å². The smallest absolute Gasteiger partial charge is 0.497 e. The van der Waals surface area contributed by atoms with E-state index in [9.17, 15) is 9.59 Å². The van der Waals surface area contributed by atoms with Crippen molar-refractivity contribution in [3.8, 4) is 23.0 Å². The largest absolute Gasteiger partial charge is 0.555 e. The third kappa shape index (κ3) is 5.09. The van der Waals surface area contributed by atoms with Crippen molar-refractivity contribution in [2.45, 2.75) is 0 Å². The zero-order valence-corrected chi connectivity index (χ0v) is 12.9. The predicted molar refractivity (Wildman–Crippen MR) is 80.2 cm³/mol. The molecule has 24 heavy (non-hydrogen) atoms. The Labute approximate surface area is 137 Å². The van der Waals surface area contributed by atoms with E-state index in [1.54, 1.807) is 24.3 Å². The van der Waals surface area contributed by atoms with Crippen LogP contribution in [0.4, 0.5) is 9.59 Å². The molecular weight excluding hydrogens is 320 g/mol. The zero-order valence-electron chi connectivity index (χ0n) is 12.9. The molecule has 0 radical (unpaired) electrons. The van der Waals surface area contributed by atoms with Gasteiger partial charge in [-0.25, -0.2) is 0 Å². The van der Waals surface area contributed by atoms with Crippen molar-refractivity contribution >= 4 is 12.3 Å². The van der Waals surface area contributed by atoms with Crippen molar-refractivity contribution in [2.75, 3.05) is 14.2 Å². The first kappa shape index (κ1) is 16.9. The fourth-order valence-electron chi connectivity index (χ4n) is 1.62. The molecule has 0 aliphatic rings. The second-order valence-electron chi connectivity index (χ2n) is 4.23. The van der Waals surface area contributed by atoms with E-state index in [0.717, 1.165) is 0 Å². The zero-order chi connectivity index (χ0) is 17.4. The SMILES string of the molecule is COc1cccc(OC(=O)OOC(=O)Oc2cccc(OC)c2)c1. The van der Waals surface area contributed by atoms with Gasteiger partial charge in [0.15, 0.2) is 0 Å². The molecule has 0 aromatic heterocycles. The Morgan fingerprint density at radius 1 is 0.667 bits per heavy atom. The Morgan fingerprint density at radius 2 is 1.04 bits per heavy atom. The molecule has 2 rings (SSSR count). The van der Waals surface area contributed by atoms with Crippen LogP contribution in [0.5, 0.6) is 23.0 Å². The number of hydrogen-bond acceptors (Lipinski definition) is 8. The van der Waals surface area contributed by atoms with E-state index < -0.39 is 12.3 Å². The highest BCUT2D eigenvalue weighted by atomic mass is 17.3. The minimum atomic E-state index is -1.24. The van der Waals surface area contributed by atoms with Gasteiger partial charge in [0, 0.05) is 12.1 Å². The van der Waals surface area contributed by atoms with Crippen molar-refractivity contribution in [1.82, 2.24) is 0 Å². The summed E-state index contributed by atoms with van der Waals surface area (Å²) in [5.74, 6) is 1.28.